The van der Waals surface area contributed by atoms with Crippen LogP contribution in [0.1, 0.15) is 35.5 Å². The molecule has 0 radical (unpaired) electrons. The molecular formula is C29H29ClFN7O3. The molecule has 12 heteroatoms. The van der Waals surface area contributed by atoms with E-state index in [9.17, 15) is 4.39 Å². The van der Waals surface area contributed by atoms with Crippen molar-refractivity contribution >= 4 is 34.2 Å². The number of hydrogen-bond donors (Lipinski definition) is 2. The predicted octanol–water partition coefficient (Wildman–Crippen LogP) is 4.37. The van der Waals surface area contributed by atoms with E-state index in [0.29, 0.717) is 40.6 Å². The van der Waals surface area contributed by atoms with Crippen molar-refractivity contribution in [1.82, 2.24) is 24.4 Å². The number of aromatic nitrogens is 4. The molecule has 2 aliphatic rings. The summed E-state index contributed by atoms with van der Waals surface area (Å²) in [6.07, 6.45) is 5.71. The maximum Gasteiger partial charge on any atom is 0.214 e. The average Bonchev–Trinajstić information content (AvgIpc) is 3.30. The smallest absolute Gasteiger partial charge is 0.214 e. The number of benzene rings is 1. The highest BCUT2D eigenvalue weighted by Crippen LogP contribution is 2.26. The Morgan fingerprint density at radius 3 is 2.85 bits per heavy atom. The van der Waals surface area contributed by atoms with Gasteiger partial charge in [0.05, 0.1) is 24.9 Å². The Kier molecular flexibility index (Phi) is 7.82. The van der Waals surface area contributed by atoms with Gasteiger partial charge in [0.25, 0.3) is 0 Å². The fourth-order valence-electron chi connectivity index (χ4n) is 4.95. The summed E-state index contributed by atoms with van der Waals surface area (Å²) in [6, 6.07) is 11.9. The zero-order valence-corrected chi connectivity index (χ0v) is 23.0. The quantitative estimate of drug-likeness (QED) is 0.130. The Hall–Kier alpha value is -4.06. The minimum atomic E-state index is -0.406. The Bertz CT molecular complexity index is 1640. The fourth-order valence-corrected chi connectivity index (χ4v) is 5.11. The zero-order chi connectivity index (χ0) is 28.3. The molecule has 2 aliphatic heterocycles. The summed E-state index contributed by atoms with van der Waals surface area (Å²) in [5.74, 6) is 0.911. The number of fused-ring (bicyclic) bond motifs is 1. The first-order valence-electron chi connectivity index (χ1n) is 13.4. The van der Waals surface area contributed by atoms with Crippen molar-refractivity contribution in [3.05, 3.63) is 88.2 Å². The summed E-state index contributed by atoms with van der Waals surface area (Å²) in [6.45, 7) is 3.69. The Labute approximate surface area is 240 Å². The van der Waals surface area contributed by atoms with Gasteiger partial charge in [-0.3, -0.25) is 4.90 Å². The number of nitrogens with zero attached hydrogens (tertiary/aromatic N) is 6. The molecule has 0 spiro atoms. The average molecular weight is 578 g/mol. The molecular weight excluding hydrogens is 549 g/mol. The number of ether oxygens (including phenoxy) is 2. The molecule has 1 saturated heterocycles. The number of hydrogen-bond acceptors (Lipinski definition) is 8. The summed E-state index contributed by atoms with van der Waals surface area (Å²) in [7, 11) is 0. The molecule has 0 amide bonds. The third-order valence-electron chi connectivity index (χ3n) is 7.35. The second-order valence-corrected chi connectivity index (χ2v) is 10.5. The Morgan fingerprint density at radius 2 is 2.12 bits per heavy atom. The van der Waals surface area contributed by atoms with Gasteiger partial charge >= 0.3 is 0 Å². The van der Waals surface area contributed by atoms with Gasteiger partial charge in [-0.1, -0.05) is 35.0 Å². The zero-order valence-electron chi connectivity index (χ0n) is 22.2. The molecule has 212 valence electrons. The van der Waals surface area contributed by atoms with E-state index in [2.05, 4.69) is 30.7 Å². The molecule has 0 bridgehead atoms. The molecule has 3 aromatic heterocycles. The van der Waals surface area contributed by atoms with E-state index in [0.717, 1.165) is 55.3 Å². The van der Waals surface area contributed by atoms with Crippen LogP contribution >= 0.6 is 11.6 Å². The lowest BCUT2D eigenvalue weighted by molar-refractivity contribution is -0.0592. The summed E-state index contributed by atoms with van der Waals surface area (Å²) in [5.41, 5.74) is 10.1. The van der Waals surface area contributed by atoms with E-state index < -0.39 is 5.82 Å². The summed E-state index contributed by atoms with van der Waals surface area (Å²) < 4.78 is 27.7. The molecule has 1 fully saturated rings. The molecule has 3 N–H and O–H groups in total. The van der Waals surface area contributed by atoms with Crippen LogP contribution in [0.5, 0.6) is 5.88 Å². The van der Waals surface area contributed by atoms with Crippen molar-refractivity contribution in [2.45, 2.75) is 38.6 Å². The molecule has 5 heterocycles. The summed E-state index contributed by atoms with van der Waals surface area (Å²) in [5, 5.41) is 12.5. The predicted molar refractivity (Wildman–Crippen MR) is 152 cm³/mol. The first-order chi connectivity index (χ1) is 20.0. The van der Waals surface area contributed by atoms with Crippen molar-refractivity contribution in [1.29, 1.82) is 0 Å². The SMILES string of the molecule is N/C(=N\O)c1cnc2c(c1)nc(CN1CC=C(c3cccc(OCc4ccc(Cl)cc4F)n3)CC1)n2C[C@@H]1CCO1. The Morgan fingerprint density at radius 1 is 1.24 bits per heavy atom. The van der Waals surface area contributed by atoms with Crippen molar-refractivity contribution in [3.8, 4) is 5.88 Å². The minimum Gasteiger partial charge on any atom is -0.473 e. The van der Waals surface area contributed by atoms with Crippen LogP contribution in [0.3, 0.4) is 0 Å². The maximum absolute atomic E-state index is 14.1. The highest BCUT2D eigenvalue weighted by atomic mass is 35.5. The standard InChI is InChI=1S/C29H29ClFN7O3/c30-21-5-4-19(23(31)13-21)17-41-27-3-1-2-24(35-27)18-6-9-37(10-7-18)16-26-34-25-12-20(28(32)36-39)14-33-29(25)38(26)15-22-8-11-40-22/h1-6,12-14,22,39H,7-11,15-17H2,(H2,32,36)/t22-/m0/s1. The van der Waals surface area contributed by atoms with Crippen LogP contribution in [-0.2, 0) is 24.4 Å². The summed E-state index contributed by atoms with van der Waals surface area (Å²) in [4.78, 5) is 16.4. The third-order valence-corrected chi connectivity index (χ3v) is 7.58. The van der Waals surface area contributed by atoms with Crippen LogP contribution in [-0.4, -0.2) is 61.3 Å². The molecule has 6 rings (SSSR count). The normalized spacial score (nSPS) is 17.9. The highest BCUT2D eigenvalue weighted by molar-refractivity contribution is 6.30. The first kappa shape index (κ1) is 27.1. The third kappa shape index (κ3) is 6.02. The lowest BCUT2D eigenvalue weighted by Gasteiger charge is -2.29. The number of rotatable bonds is 9. The molecule has 4 aromatic rings. The van der Waals surface area contributed by atoms with Gasteiger partial charge in [-0.15, -0.1) is 0 Å². The monoisotopic (exact) mass is 577 g/mol. The van der Waals surface area contributed by atoms with E-state index in [4.69, 9.17) is 37.0 Å². The van der Waals surface area contributed by atoms with Gasteiger partial charge in [0.15, 0.2) is 11.5 Å². The van der Waals surface area contributed by atoms with Crippen LogP contribution in [0.25, 0.3) is 16.7 Å². The second kappa shape index (κ2) is 11.8. The van der Waals surface area contributed by atoms with Crippen LogP contribution in [0.4, 0.5) is 4.39 Å². The number of nitrogens with two attached hydrogens (primary N) is 1. The summed E-state index contributed by atoms with van der Waals surface area (Å²) >= 11 is 5.84. The van der Waals surface area contributed by atoms with E-state index in [1.807, 2.05) is 12.1 Å². The molecule has 41 heavy (non-hydrogen) atoms. The number of oxime groups is 1. The molecule has 0 aliphatic carbocycles. The van der Waals surface area contributed by atoms with Gasteiger partial charge in [0.2, 0.25) is 5.88 Å². The minimum absolute atomic E-state index is 0.00764. The van der Waals surface area contributed by atoms with Crippen molar-refractivity contribution in [2.24, 2.45) is 10.9 Å². The van der Waals surface area contributed by atoms with Crippen molar-refractivity contribution < 1.29 is 19.1 Å². The maximum atomic E-state index is 14.1. The Balaban J connectivity index is 1.15. The highest BCUT2D eigenvalue weighted by Gasteiger charge is 2.24. The van der Waals surface area contributed by atoms with Gasteiger partial charge in [-0.2, -0.15) is 0 Å². The number of pyridine rings is 2. The molecule has 1 aromatic carbocycles. The lowest BCUT2D eigenvalue weighted by atomic mass is 10.0. The number of halogens is 2. The van der Waals surface area contributed by atoms with Crippen LogP contribution in [0.15, 0.2) is 59.9 Å². The first-order valence-corrected chi connectivity index (χ1v) is 13.7. The fraction of sp³-hybridized carbons (Fsp3) is 0.310. The number of imidazole rings is 1. The largest absolute Gasteiger partial charge is 0.473 e. The second-order valence-electron chi connectivity index (χ2n) is 10.1. The molecule has 0 unspecified atom stereocenters. The van der Waals surface area contributed by atoms with E-state index in [1.54, 1.807) is 30.5 Å². The van der Waals surface area contributed by atoms with Gasteiger partial charge in [0.1, 0.15) is 23.8 Å². The molecule has 1 atom stereocenters. The molecule has 0 saturated carbocycles. The van der Waals surface area contributed by atoms with E-state index >= 15 is 0 Å². The van der Waals surface area contributed by atoms with Crippen molar-refractivity contribution in [2.75, 3.05) is 19.7 Å². The van der Waals surface area contributed by atoms with E-state index in [1.165, 1.54) is 6.07 Å². The van der Waals surface area contributed by atoms with Crippen LogP contribution < -0.4 is 10.5 Å². The van der Waals surface area contributed by atoms with E-state index in [-0.39, 0.29) is 18.5 Å². The van der Waals surface area contributed by atoms with Gasteiger partial charge < -0.3 is 25.0 Å². The van der Waals surface area contributed by atoms with Crippen molar-refractivity contribution in [3.63, 3.8) is 0 Å². The topological polar surface area (TPSA) is 124 Å². The van der Waals surface area contributed by atoms with Gasteiger partial charge in [0, 0.05) is 48.1 Å². The van der Waals surface area contributed by atoms with Gasteiger partial charge in [-0.25, -0.2) is 19.3 Å². The van der Waals surface area contributed by atoms with Gasteiger partial charge in [-0.05, 0) is 42.7 Å². The van der Waals surface area contributed by atoms with Crippen LogP contribution in [0.2, 0.25) is 5.02 Å². The lowest BCUT2D eigenvalue weighted by Crippen LogP contribution is -2.33. The van der Waals surface area contributed by atoms with Crippen LogP contribution in [0, 0.1) is 5.82 Å². The molecule has 10 nitrogen and oxygen atoms in total. The number of amidine groups is 1.